The summed E-state index contributed by atoms with van der Waals surface area (Å²) in [4.78, 5) is 0. The van der Waals surface area contributed by atoms with Gasteiger partial charge >= 0.3 is 0 Å². The van der Waals surface area contributed by atoms with E-state index in [4.69, 9.17) is 10.2 Å². The van der Waals surface area contributed by atoms with Crippen LogP contribution in [0.2, 0.25) is 0 Å². The highest BCUT2D eigenvalue weighted by molar-refractivity contribution is 9.10. The summed E-state index contributed by atoms with van der Waals surface area (Å²) in [6, 6.07) is 1.84. The van der Waals surface area contributed by atoms with Crippen LogP contribution in [0.5, 0.6) is 0 Å². The monoisotopic (exact) mass is 319 g/mol. The molecule has 0 spiro atoms. The maximum atomic E-state index is 5.77. The summed E-state index contributed by atoms with van der Waals surface area (Å²) in [6.45, 7) is 0.519. The lowest BCUT2D eigenvalue weighted by Gasteiger charge is -2.01. The Morgan fingerprint density at radius 3 is 2.71 bits per heavy atom. The van der Waals surface area contributed by atoms with Gasteiger partial charge in [0.1, 0.15) is 18.1 Å². The largest absolute Gasteiger partial charge is 0.466 e. The molecule has 14 heavy (non-hydrogen) atoms. The van der Waals surface area contributed by atoms with Crippen LogP contribution in [-0.4, -0.2) is 9.78 Å². The lowest BCUT2D eigenvalue weighted by Crippen LogP contribution is -2.05. The minimum atomic E-state index is 0.519. The molecule has 0 amide bonds. The number of aromatic nitrogens is 2. The van der Waals surface area contributed by atoms with Gasteiger partial charge in [-0.2, -0.15) is 5.10 Å². The molecule has 4 nitrogen and oxygen atoms in total. The first-order chi connectivity index (χ1) is 6.68. The number of halogens is 2. The molecule has 0 aliphatic carbocycles. The van der Waals surface area contributed by atoms with Crippen molar-refractivity contribution in [2.75, 3.05) is 5.73 Å². The van der Waals surface area contributed by atoms with E-state index in [0.29, 0.717) is 12.4 Å². The highest BCUT2D eigenvalue weighted by atomic mass is 79.9. The third-order valence-corrected chi connectivity index (χ3v) is 3.14. The summed E-state index contributed by atoms with van der Waals surface area (Å²) in [6.07, 6.45) is 3.28. The van der Waals surface area contributed by atoms with E-state index in [0.717, 1.165) is 14.7 Å². The molecule has 0 aromatic carbocycles. The number of nitrogens with zero attached hydrogens (tertiary/aromatic N) is 2. The van der Waals surface area contributed by atoms with Crippen LogP contribution < -0.4 is 5.73 Å². The second-order valence-electron chi connectivity index (χ2n) is 2.73. The van der Waals surface area contributed by atoms with Crippen LogP contribution >= 0.6 is 31.9 Å². The minimum absolute atomic E-state index is 0.519. The summed E-state index contributed by atoms with van der Waals surface area (Å²) in [5, 5.41) is 4.10. The van der Waals surface area contributed by atoms with Gasteiger partial charge in [-0.15, -0.1) is 0 Å². The smallest absolute Gasteiger partial charge is 0.139 e. The molecular weight excluding hydrogens is 314 g/mol. The average Bonchev–Trinajstić information content (AvgIpc) is 2.68. The van der Waals surface area contributed by atoms with E-state index < -0.39 is 0 Å². The third-order valence-electron chi connectivity index (χ3n) is 1.82. The Morgan fingerprint density at radius 2 is 2.21 bits per heavy atom. The topological polar surface area (TPSA) is 57.0 Å². The molecule has 2 rings (SSSR count). The molecule has 0 atom stereocenters. The zero-order valence-corrected chi connectivity index (χ0v) is 10.2. The fourth-order valence-electron chi connectivity index (χ4n) is 1.07. The molecule has 74 valence electrons. The first kappa shape index (κ1) is 9.79. The van der Waals surface area contributed by atoms with E-state index >= 15 is 0 Å². The first-order valence-electron chi connectivity index (χ1n) is 3.87. The predicted molar refractivity (Wildman–Crippen MR) is 59.8 cm³/mol. The van der Waals surface area contributed by atoms with Gasteiger partial charge in [0, 0.05) is 0 Å². The zero-order valence-electron chi connectivity index (χ0n) is 7.08. The molecule has 0 aliphatic heterocycles. The van der Waals surface area contributed by atoms with Crippen molar-refractivity contribution >= 4 is 37.7 Å². The second-order valence-corrected chi connectivity index (χ2v) is 4.44. The number of hydrogen-bond donors (Lipinski definition) is 1. The van der Waals surface area contributed by atoms with E-state index in [2.05, 4.69) is 37.0 Å². The highest BCUT2D eigenvalue weighted by Crippen LogP contribution is 2.22. The molecule has 2 heterocycles. The second kappa shape index (κ2) is 3.78. The lowest BCUT2D eigenvalue weighted by atomic mass is 10.4. The van der Waals surface area contributed by atoms with Gasteiger partial charge in [0.15, 0.2) is 0 Å². The normalized spacial score (nSPS) is 10.7. The molecular formula is C8H7Br2N3O. The predicted octanol–water partition coefficient (Wildman–Crippen LogP) is 2.63. The Balaban J connectivity index is 2.27. The Morgan fingerprint density at radius 1 is 1.43 bits per heavy atom. The Kier molecular flexibility index (Phi) is 2.64. The van der Waals surface area contributed by atoms with Crippen molar-refractivity contribution in [2.45, 2.75) is 6.54 Å². The summed E-state index contributed by atoms with van der Waals surface area (Å²) in [5.74, 6) is 1.39. The number of anilines is 1. The van der Waals surface area contributed by atoms with E-state index in [1.165, 1.54) is 0 Å². The summed E-state index contributed by atoms with van der Waals surface area (Å²) >= 11 is 6.66. The number of nitrogen functional groups attached to an aromatic ring is 1. The van der Waals surface area contributed by atoms with Crippen LogP contribution in [0, 0.1) is 0 Å². The van der Waals surface area contributed by atoms with E-state index in [-0.39, 0.29) is 0 Å². The molecule has 2 aromatic rings. The van der Waals surface area contributed by atoms with Crippen molar-refractivity contribution in [2.24, 2.45) is 0 Å². The SMILES string of the molecule is Nc1c(Br)cnn1Cc1occc1Br. The molecule has 0 aliphatic rings. The summed E-state index contributed by atoms with van der Waals surface area (Å²) in [7, 11) is 0. The van der Waals surface area contributed by atoms with Gasteiger partial charge in [-0.1, -0.05) is 0 Å². The number of hydrogen-bond acceptors (Lipinski definition) is 3. The molecule has 2 aromatic heterocycles. The zero-order chi connectivity index (χ0) is 10.1. The van der Waals surface area contributed by atoms with Gasteiger partial charge in [0.25, 0.3) is 0 Å². The van der Waals surface area contributed by atoms with Crippen molar-refractivity contribution in [3.63, 3.8) is 0 Å². The van der Waals surface area contributed by atoms with Gasteiger partial charge < -0.3 is 10.2 Å². The highest BCUT2D eigenvalue weighted by Gasteiger charge is 2.09. The van der Waals surface area contributed by atoms with Crippen LogP contribution in [0.1, 0.15) is 5.76 Å². The quantitative estimate of drug-likeness (QED) is 0.925. The lowest BCUT2D eigenvalue weighted by molar-refractivity contribution is 0.480. The molecule has 0 radical (unpaired) electrons. The van der Waals surface area contributed by atoms with Gasteiger partial charge in [-0.25, -0.2) is 4.68 Å². The summed E-state index contributed by atoms with van der Waals surface area (Å²) < 4.78 is 8.63. The molecule has 6 heteroatoms. The minimum Gasteiger partial charge on any atom is -0.466 e. The Bertz CT molecular complexity index is 449. The average molecular weight is 321 g/mol. The maximum Gasteiger partial charge on any atom is 0.139 e. The van der Waals surface area contributed by atoms with Gasteiger partial charge in [-0.3, -0.25) is 0 Å². The van der Waals surface area contributed by atoms with Crippen molar-refractivity contribution < 1.29 is 4.42 Å². The van der Waals surface area contributed by atoms with Crippen molar-refractivity contribution in [3.05, 3.63) is 33.2 Å². The number of furan rings is 1. The van der Waals surface area contributed by atoms with Crippen molar-refractivity contribution in [3.8, 4) is 0 Å². The third kappa shape index (κ3) is 1.72. The van der Waals surface area contributed by atoms with Crippen LogP contribution in [0.25, 0.3) is 0 Å². The fraction of sp³-hybridized carbons (Fsp3) is 0.125. The first-order valence-corrected chi connectivity index (χ1v) is 5.45. The van der Waals surface area contributed by atoms with Crippen LogP contribution in [0.3, 0.4) is 0 Å². The van der Waals surface area contributed by atoms with E-state index in [9.17, 15) is 0 Å². The van der Waals surface area contributed by atoms with E-state index in [1.54, 1.807) is 17.1 Å². The van der Waals surface area contributed by atoms with Crippen LogP contribution in [0.4, 0.5) is 5.82 Å². The molecule has 0 fully saturated rings. The van der Waals surface area contributed by atoms with Crippen molar-refractivity contribution in [1.29, 1.82) is 0 Å². The van der Waals surface area contributed by atoms with Gasteiger partial charge in [0.2, 0.25) is 0 Å². The number of rotatable bonds is 2. The van der Waals surface area contributed by atoms with E-state index in [1.807, 2.05) is 6.07 Å². The standard InChI is InChI=1S/C8H7Br2N3O/c9-5-1-2-14-7(5)4-13-8(11)6(10)3-12-13/h1-3H,4,11H2. The molecule has 0 unspecified atom stereocenters. The van der Waals surface area contributed by atoms with Crippen LogP contribution in [-0.2, 0) is 6.54 Å². The van der Waals surface area contributed by atoms with Gasteiger partial charge in [-0.05, 0) is 37.9 Å². The molecule has 0 saturated heterocycles. The fourth-order valence-corrected chi connectivity index (χ4v) is 1.69. The summed E-state index contributed by atoms with van der Waals surface area (Å²) in [5.41, 5.74) is 5.77. The molecule has 0 bridgehead atoms. The number of nitrogens with two attached hydrogens (primary N) is 1. The Hall–Kier alpha value is -0.750. The maximum absolute atomic E-state index is 5.77. The van der Waals surface area contributed by atoms with Gasteiger partial charge in [0.05, 0.1) is 21.4 Å². The molecule has 2 N–H and O–H groups in total. The Labute approximate surface area is 97.3 Å². The molecule has 0 saturated carbocycles. The van der Waals surface area contributed by atoms with Crippen LogP contribution in [0.15, 0.2) is 31.9 Å². The van der Waals surface area contributed by atoms with Crippen molar-refractivity contribution in [1.82, 2.24) is 9.78 Å².